The number of carbonyl (C=O) groups excluding carboxylic acids is 1. The molecule has 106 valence electrons. The minimum atomic E-state index is -4.05. The van der Waals surface area contributed by atoms with Crippen molar-refractivity contribution in [3.8, 4) is 0 Å². The molecule has 1 amide bonds. The third-order valence-electron chi connectivity index (χ3n) is 3.51. The highest BCUT2D eigenvalue weighted by molar-refractivity contribution is 7.90. The summed E-state index contributed by atoms with van der Waals surface area (Å²) >= 11 is 0. The molecule has 0 spiro atoms. The molecule has 1 fully saturated rings. The van der Waals surface area contributed by atoms with E-state index >= 15 is 0 Å². The Morgan fingerprint density at radius 3 is 2.47 bits per heavy atom. The maximum Gasteiger partial charge on any atom is 0.271 e. The fourth-order valence-electron chi connectivity index (χ4n) is 2.00. The van der Waals surface area contributed by atoms with E-state index in [0.717, 1.165) is 12.8 Å². The second-order valence-electron chi connectivity index (χ2n) is 5.38. The first-order chi connectivity index (χ1) is 8.66. The summed E-state index contributed by atoms with van der Waals surface area (Å²) < 4.78 is 31.0. The van der Waals surface area contributed by atoms with E-state index < -0.39 is 21.3 Å². The van der Waals surface area contributed by atoms with Gasteiger partial charge in [0.05, 0.1) is 0 Å². The van der Waals surface area contributed by atoms with Gasteiger partial charge in [0.1, 0.15) is 0 Å². The highest BCUT2D eigenvalue weighted by atomic mass is 32.2. The number of anilines is 1. The number of rotatable bonds is 4. The van der Waals surface area contributed by atoms with Crippen LogP contribution in [0.1, 0.15) is 32.4 Å². The number of hydrogen-bond donors (Lipinski definition) is 2. The van der Waals surface area contributed by atoms with Crippen molar-refractivity contribution >= 4 is 21.7 Å². The van der Waals surface area contributed by atoms with Gasteiger partial charge in [-0.3, -0.25) is 4.79 Å². The van der Waals surface area contributed by atoms with Crippen LogP contribution in [0.3, 0.4) is 0 Å². The van der Waals surface area contributed by atoms with E-state index in [9.17, 15) is 13.2 Å². The minimum absolute atomic E-state index is 0.0574. The Balaban J connectivity index is 2.25. The van der Waals surface area contributed by atoms with Gasteiger partial charge in [0.2, 0.25) is 5.91 Å². The molecule has 2 rings (SSSR count). The lowest BCUT2D eigenvalue weighted by molar-refractivity contribution is -0.128. The zero-order chi connectivity index (χ0) is 14.4. The average Bonchev–Trinajstić information content (AvgIpc) is 3.05. The topological polar surface area (TPSA) is 115 Å². The van der Waals surface area contributed by atoms with E-state index in [-0.39, 0.29) is 22.4 Å². The van der Waals surface area contributed by atoms with Gasteiger partial charge in [-0.1, -0.05) is 19.0 Å². The first kappa shape index (κ1) is 13.9. The second kappa shape index (κ2) is 4.22. The van der Waals surface area contributed by atoms with Crippen LogP contribution in [0.25, 0.3) is 0 Å². The van der Waals surface area contributed by atoms with Crippen molar-refractivity contribution in [3.63, 3.8) is 0 Å². The van der Waals surface area contributed by atoms with Crippen LogP contribution in [-0.4, -0.2) is 19.5 Å². The Kier molecular flexibility index (Phi) is 3.08. The summed E-state index contributed by atoms with van der Waals surface area (Å²) in [6.07, 6.45) is 1.88. The van der Waals surface area contributed by atoms with Gasteiger partial charge < -0.3 is 10.3 Å². The van der Waals surface area contributed by atoms with Gasteiger partial charge in [-0.15, -0.1) is 0 Å². The van der Waals surface area contributed by atoms with E-state index in [0.29, 0.717) is 0 Å². The third-order valence-corrected chi connectivity index (χ3v) is 5.00. The third kappa shape index (κ3) is 2.44. The highest BCUT2D eigenvalue weighted by Gasteiger charge is 2.45. The second-order valence-corrected chi connectivity index (χ2v) is 7.00. The van der Waals surface area contributed by atoms with Crippen LogP contribution in [0, 0.1) is 18.3 Å². The molecule has 0 aromatic carbocycles. The summed E-state index contributed by atoms with van der Waals surface area (Å²) in [7, 11) is -4.05. The lowest BCUT2D eigenvalue weighted by atomic mass is 9.87. The molecule has 0 bridgehead atoms. The van der Waals surface area contributed by atoms with E-state index in [1.165, 1.54) is 6.92 Å². The normalized spacial score (nSPS) is 16.4. The molecule has 7 nitrogen and oxygen atoms in total. The van der Waals surface area contributed by atoms with Crippen molar-refractivity contribution in [3.05, 3.63) is 5.76 Å². The number of hydrogen-bond acceptors (Lipinski definition) is 6. The number of sulfonamides is 1. The lowest BCUT2D eigenvalue weighted by Crippen LogP contribution is -2.41. The Labute approximate surface area is 111 Å². The van der Waals surface area contributed by atoms with E-state index in [1.54, 1.807) is 13.8 Å². The Morgan fingerprint density at radius 1 is 1.47 bits per heavy atom. The van der Waals surface area contributed by atoms with Crippen LogP contribution in [0.5, 0.6) is 0 Å². The van der Waals surface area contributed by atoms with Gasteiger partial charge in [-0.2, -0.15) is 0 Å². The SMILES string of the molecule is Cc1onc(N)c1S(=O)(=O)NC(=O)C(C)(C)C1CC1. The molecule has 0 aliphatic heterocycles. The van der Waals surface area contributed by atoms with Crippen LogP contribution in [0.2, 0.25) is 0 Å². The predicted molar refractivity (Wildman–Crippen MR) is 67.5 cm³/mol. The minimum Gasteiger partial charge on any atom is -0.380 e. The summed E-state index contributed by atoms with van der Waals surface area (Å²) in [5.74, 6) is -0.498. The van der Waals surface area contributed by atoms with Crippen LogP contribution in [-0.2, 0) is 14.8 Å². The zero-order valence-corrected chi connectivity index (χ0v) is 11.9. The molecule has 0 atom stereocenters. The molecular formula is C11H17N3O4S. The van der Waals surface area contributed by atoms with Crippen LogP contribution < -0.4 is 10.5 Å². The highest BCUT2D eigenvalue weighted by Crippen LogP contribution is 2.45. The lowest BCUT2D eigenvalue weighted by Gasteiger charge is -2.22. The Morgan fingerprint density at radius 2 is 2.05 bits per heavy atom. The van der Waals surface area contributed by atoms with E-state index in [4.69, 9.17) is 10.3 Å². The number of carbonyl (C=O) groups is 1. The van der Waals surface area contributed by atoms with Crippen LogP contribution in [0.15, 0.2) is 9.42 Å². The van der Waals surface area contributed by atoms with Crippen molar-refractivity contribution < 1.29 is 17.7 Å². The number of nitrogens with zero attached hydrogens (tertiary/aromatic N) is 1. The molecule has 19 heavy (non-hydrogen) atoms. The van der Waals surface area contributed by atoms with Crippen molar-refractivity contribution in [2.24, 2.45) is 11.3 Å². The number of nitrogens with two attached hydrogens (primary N) is 1. The van der Waals surface area contributed by atoms with Crippen molar-refractivity contribution in [1.29, 1.82) is 0 Å². The Hall–Kier alpha value is -1.57. The summed E-state index contributed by atoms with van der Waals surface area (Å²) in [5.41, 5.74) is 4.73. The smallest absolute Gasteiger partial charge is 0.271 e. The monoisotopic (exact) mass is 287 g/mol. The summed E-state index contributed by atoms with van der Waals surface area (Å²) in [6, 6.07) is 0. The standard InChI is InChI=1S/C11H17N3O4S/c1-6-8(9(12)13-18-6)19(16,17)14-10(15)11(2,3)7-4-5-7/h7H,4-5H2,1-3H3,(H2,12,13)(H,14,15). The molecule has 8 heteroatoms. The van der Waals surface area contributed by atoms with Gasteiger partial charge in [0.25, 0.3) is 10.0 Å². The number of nitrogens with one attached hydrogen (secondary N) is 1. The molecule has 1 aliphatic rings. The number of nitrogen functional groups attached to an aromatic ring is 1. The quantitative estimate of drug-likeness (QED) is 0.846. The first-order valence-electron chi connectivity index (χ1n) is 5.95. The molecule has 0 saturated heterocycles. The van der Waals surface area contributed by atoms with Gasteiger partial charge in [0, 0.05) is 5.41 Å². The molecule has 0 unspecified atom stereocenters. The molecule has 1 saturated carbocycles. The molecule has 1 heterocycles. The zero-order valence-electron chi connectivity index (χ0n) is 11.1. The fourth-order valence-corrected chi connectivity index (χ4v) is 3.34. The molecule has 1 aromatic rings. The molecule has 1 aliphatic carbocycles. The predicted octanol–water partition coefficient (Wildman–Crippen LogP) is 0.806. The summed E-state index contributed by atoms with van der Waals surface area (Å²) in [6.45, 7) is 4.90. The number of aryl methyl sites for hydroxylation is 1. The van der Waals surface area contributed by atoms with Gasteiger partial charge >= 0.3 is 0 Å². The van der Waals surface area contributed by atoms with E-state index in [2.05, 4.69) is 9.88 Å². The van der Waals surface area contributed by atoms with Crippen molar-refractivity contribution in [2.45, 2.75) is 38.5 Å². The van der Waals surface area contributed by atoms with Gasteiger partial charge in [0.15, 0.2) is 16.5 Å². The fraction of sp³-hybridized carbons (Fsp3) is 0.636. The maximum atomic E-state index is 12.1. The number of amides is 1. The van der Waals surface area contributed by atoms with Crippen LogP contribution >= 0.6 is 0 Å². The van der Waals surface area contributed by atoms with E-state index in [1.807, 2.05) is 0 Å². The molecule has 3 N–H and O–H groups in total. The Bertz CT molecular complexity index is 594. The van der Waals surface area contributed by atoms with Crippen LogP contribution in [0.4, 0.5) is 5.82 Å². The molecule has 0 radical (unpaired) electrons. The van der Waals surface area contributed by atoms with Gasteiger partial charge in [-0.25, -0.2) is 13.1 Å². The van der Waals surface area contributed by atoms with Gasteiger partial charge in [-0.05, 0) is 25.7 Å². The number of aromatic nitrogens is 1. The largest absolute Gasteiger partial charge is 0.380 e. The maximum absolute atomic E-state index is 12.1. The summed E-state index contributed by atoms with van der Waals surface area (Å²) in [4.78, 5) is 11.8. The summed E-state index contributed by atoms with van der Waals surface area (Å²) in [5, 5.41) is 3.37. The molecule has 1 aromatic heterocycles. The first-order valence-corrected chi connectivity index (χ1v) is 7.43. The van der Waals surface area contributed by atoms with Crippen molar-refractivity contribution in [1.82, 2.24) is 9.88 Å². The molecular weight excluding hydrogens is 270 g/mol. The van der Waals surface area contributed by atoms with Crippen molar-refractivity contribution in [2.75, 3.05) is 5.73 Å². The average molecular weight is 287 g/mol.